The lowest BCUT2D eigenvalue weighted by atomic mass is 10.1. The Balaban J connectivity index is 2.57. The zero-order valence-corrected chi connectivity index (χ0v) is 8.31. The first-order valence-electron chi connectivity index (χ1n) is 4.63. The average Bonchev–Trinajstić information content (AvgIpc) is 2.30. The van der Waals surface area contributed by atoms with Crippen molar-refractivity contribution >= 4 is 5.91 Å². The molecule has 2 rings (SSSR count). The van der Waals surface area contributed by atoms with Gasteiger partial charge in [0.25, 0.3) is 11.5 Å². The molecule has 0 bridgehead atoms. The first kappa shape index (κ1) is 10.1. The predicted octanol–water partition coefficient (Wildman–Crippen LogP) is 0.536. The molecule has 0 radical (unpaired) electrons. The van der Waals surface area contributed by atoms with Crippen LogP contribution in [-0.4, -0.2) is 16.1 Å². The molecule has 16 heavy (non-hydrogen) atoms. The van der Waals surface area contributed by atoms with Gasteiger partial charge in [0.2, 0.25) is 0 Å². The maximum atomic E-state index is 11.2. The fourth-order valence-corrected chi connectivity index (χ4v) is 1.35. The van der Waals surface area contributed by atoms with Crippen molar-refractivity contribution in [2.45, 2.75) is 0 Å². The number of H-pyrrole nitrogens is 1. The van der Waals surface area contributed by atoms with Crippen molar-refractivity contribution in [1.29, 1.82) is 0 Å². The highest BCUT2D eigenvalue weighted by Crippen LogP contribution is 2.14. The predicted molar refractivity (Wildman–Crippen MR) is 58.8 cm³/mol. The van der Waals surface area contributed by atoms with Gasteiger partial charge in [-0.1, -0.05) is 30.3 Å². The zero-order valence-electron chi connectivity index (χ0n) is 8.31. The number of hydrogen-bond donors (Lipinski definition) is 2. The van der Waals surface area contributed by atoms with Gasteiger partial charge in [-0.2, -0.15) is 5.10 Å². The van der Waals surface area contributed by atoms with Gasteiger partial charge in [-0.3, -0.25) is 9.59 Å². The summed E-state index contributed by atoms with van der Waals surface area (Å²) in [5.41, 5.74) is 5.72. The smallest absolute Gasteiger partial charge is 0.277 e. The maximum absolute atomic E-state index is 11.2. The lowest BCUT2D eigenvalue weighted by Gasteiger charge is -2.00. The Kier molecular flexibility index (Phi) is 2.51. The van der Waals surface area contributed by atoms with Crippen molar-refractivity contribution < 1.29 is 4.79 Å². The topological polar surface area (TPSA) is 88.8 Å². The molecule has 0 atom stereocenters. The number of amides is 1. The standard InChI is InChI=1S/C11H9N3O2/c12-10(15)8-6-9(13-14-11(8)16)7-4-2-1-3-5-7/h1-6H,(H2,12,15)(H,14,16). The minimum Gasteiger partial charge on any atom is -0.365 e. The quantitative estimate of drug-likeness (QED) is 0.766. The van der Waals surface area contributed by atoms with E-state index in [2.05, 4.69) is 10.2 Å². The maximum Gasteiger partial charge on any atom is 0.277 e. The van der Waals surface area contributed by atoms with Crippen LogP contribution in [0.15, 0.2) is 41.2 Å². The van der Waals surface area contributed by atoms with E-state index in [-0.39, 0.29) is 5.56 Å². The molecule has 2 aromatic rings. The summed E-state index contributed by atoms with van der Waals surface area (Å²) in [6.07, 6.45) is 0. The van der Waals surface area contributed by atoms with E-state index in [0.717, 1.165) is 5.56 Å². The molecule has 0 aliphatic rings. The second-order valence-corrected chi connectivity index (χ2v) is 3.23. The Morgan fingerprint density at radius 3 is 2.56 bits per heavy atom. The first-order chi connectivity index (χ1) is 7.68. The lowest BCUT2D eigenvalue weighted by Crippen LogP contribution is -2.24. The van der Waals surface area contributed by atoms with E-state index in [1.807, 2.05) is 30.3 Å². The summed E-state index contributed by atoms with van der Waals surface area (Å²) in [5, 5.41) is 6.09. The number of benzene rings is 1. The molecule has 0 aliphatic heterocycles. The first-order valence-corrected chi connectivity index (χ1v) is 4.63. The van der Waals surface area contributed by atoms with Crippen molar-refractivity contribution in [3.8, 4) is 11.3 Å². The number of nitrogens with one attached hydrogen (secondary N) is 1. The van der Waals surface area contributed by atoms with Gasteiger partial charge in [0.1, 0.15) is 5.56 Å². The number of rotatable bonds is 2. The number of aromatic nitrogens is 2. The normalized spacial score (nSPS) is 10.0. The molecule has 0 aliphatic carbocycles. The van der Waals surface area contributed by atoms with Crippen molar-refractivity contribution in [1.82, 2.24) is 10.2 Å². The molecule has 1 amide bonds. The summed E-state index contributed by atoms with van der Waals surface area (Å²) in [7, 11) is 0. The van der Waals surface area contributed by atoms with Crippen LogP contribution >= 0.6 is 0 Å². The summed E-state index contributed by atoms with van der Waals surface area (Å²) in [4.78, 5) is 22.2. The molecule has 0 saturated heterocycles. The fourth-order valence-electron chi connectivity index (χ4n) is 1.35. The largest absolute Gasteiger partial charge is 0.365 e. The Labute approximate surface area is 90.9 Å². The average molecular weight is 215 g/mol. The van der Waals surface area contributed by atoms with Gasteiger partial charge < -0.3 is 5.73 Å². The van der Waals surface area contributed by atoms with Crippen LogP contribution in [0.4, 0.5) is 0 Å². The van der Waals surface area contributed by atoms with Gasteiger partial charge >= 0.3 is 0 Å². The molecule has 5 nitrogen and oxygen atoms in total. The minimum absolute atomic E-state index is 0.0890. The second-order valence-electron chi connectivity index (χ2n) is 3.23. The number of nitrogens with two attached hydrogens (primary N) is 1. The highest BCUT2D eigenvalue weighted by molar-refractivity contribution is 5.93. The van der Waals surface area contributed by atoms with Gasteiger partial charge in [-0.25, -0.2) is 5.10 Å². The monoisotopic (exact) mass is 215 g/mol. The molecule has 0 saturated carbocycles. The van der Waals surface area contributed by atoms with E-state index >= 15 is 0 Å². The third kappa shape index (κ3) is 1.83. The second kappa shape index (κ2) is 3.98. The molecule has 3 N–H and O–H groups in total. The van der Waals surface area contributed by atoms with E-state index in [9.17, 15) is 9.59 Å². The van der Waals surface area contributed by atoms with E-state index in [1.54, 1.807) is 0 Å². The number of carbonyl (C=O) groups excluding carboxylic acids is 1. The molecular formula is C11H9N3O2. The Hall–Kier alpha value is -2.43. The number of aromatic amines is 1. The molecule has 1 aromatic carbocycles. The Morgan fingerprint density at radius 2 is 1.94 bits per heavy atom. The van der Waals surface area contributed by atoms with E-state index in [1.165, 1.54) is 6.07 Å². The fraction of sp³-hybridized carbons (Fsp3) is 0. The van der Waals surface area contributed by atoms with Crippen LogP contribution in [0.3, 0.4) is 0 Å². The number of nitrogens with zero attached hydrogens (tertiary/aromatic N) is 1. The Bertz CT molecular complexity index is 575. The molecule has 1 heterocycles. The molecule has 0 fully saturated rings. The summed E-state index contributed by atoms with van der Waals surface area (Å²) in [6.45, 7) is 0. The van der Waals surface area contributed by atoms with Gasteiger partial charge in [-0.05, 0) is 6.07 Å². The van der Waals surface area contributed by atoms with Crippen LogP contribution in [0.5, 0.6) is 0 Å². The molecule has 0 spiro atoms. The summed E-state index contributed by atoms with van der Waals surface area (Å²) < 4.78 is 0. The van der Waals surface area contributed by atoms with Crippen molar-refractivity contribution in [3.63, 3.8) is 0 Å². The number of primary amides is 1. The van der Waals surface area contributed by atoms with Crippen LogP contribution in [0.1, 0.15) is 10.4 Å². The van der Waals surface area contributed by atoms with Crippen LogP contribution in [0.2, 0.25) is 0 Å². The zero-order chi connectivity index (χ0) is 11.5. The summed E-state index contributed by atoms with van der Waals surface area (Å²) >= 11 is 0. The van der Waals surface area contributed by atoms with Crippen LogP contribution < -0.4 is 11.3 Å². The molecule has 0 unspecified atom stereocenters. The van der Waals surface area contributed by atoms with Gasteiger partial charge in [0.15, 0.2) is 0 Å². The highest BCUT2D eigenvalue weighted by atomic mass is 16.2. The third-order valence-electron chi connectivity index (χ3n) is 2.14. The van der Waals surface area contributed by atoms with Gasteiger partial charge in [0.05, 0.1) is 5.69 Å². The Morgan fingerprint density at radius 1 is 1.25 bits per heavy atom. The van der Waals surface area contributed by atoms with Crippen LogP contribution in [0.25, 0.3) is 11.3 Å². The SMILES string of the molecule is NC(=O)c1cc(-c2ccccc2)n[nH]c1=O. The van der Waals surface area contributed by atoms with Crippen LogP contribution in [0, 0.1) is 0 Å². The highest BCUT2D eigenvalue weighted by Gasteiger charge is 2.09. The van der Waals surface area contributed by atoms with E-state index < -0.39 is 11.5 Å². The van der Waals surface area contributed by atoms with E-state index in [4.69, 9.17) is 5.73 Å². The molecule has 80 valence electrons. The van der Waals surface area contributed by atoms with Gasteiger partial charge in [-0.15, -0.1) is 0 Å². The van der Waals surface area contributed by atoms with Crippen LogP contribution in [-0.2, 0) is 0 Å². The van der Waals surface area contributed by atoms with Crippen molar-refractivity contribution in [3.05, 3.63) is 52.3 Å². The molecule has 5 heteroatoms. The minimum atomic E-state index is -0.763. The molecular weight excluding hydrogens is 206 g/mol. The number of carbonyl (C=O) groups is 1. The number of hydrogen-bond acceptors (Lipinski definition) is 3. The van der Waals surface area contributed by atoms with Crippen molar-refractivity contribution in [2.24, 2.45) is 5.73 Å². The van der Waals surface area contributed by atoms with Gasteiger partial charge in [0, 0.05) is 5.56 Å². The van der Waals surface area contributed by atoms with E-state index in [0.29, 0.717) is 5.69 Å². The third-order valence-corrected chi connectivity index (χ3v) is 2.14. The van der Waals surface area contributed by atoms with Crippen molar-refractivity contribution in [2.75, 3.05) is 0 Å². The molecule has 1 aromatic heterocycles. The summed E-state index contributed by atoms with van der Waals surface area (Å²) in [5.74, 6) is -0.763. The summed E-state index contributed by atoms with van der Waals surface area (Å²) in [6, 6.07) is 10.6. The lowest BCUT2D eigenvalue weighted by molar-refractivity contribution is 0.0998.